The van der Waals surface area contributed by atoms with E-state index >= 15 is 0 Å². The molecule has 0 radical (unpaired) electrons. The fraction of sp³-hybridized carbons (Fsp3) is 0.115. The van der Waals surface area contributed by atoms with Crippen LogP contribution in [-0.2, 0) is 21.1 Å². The molecule has 1 aliphatic rings. The van der Waals surface area contributed by atoms with Gasteiger partial charge >= 0.3 is 0 Å². The molecule has 1 aliphatic heterocycles. The minimum Gasteiger partial charge on any atom is -0.509 e. The van der Waals surface area contributed by atoms with Crippen LogP contribution in [0.25, 0.3) is 38.8 Å². The van der Waals surface area contributed by atoms with E-state index in [1.165, 1.54) is 23.3 Å². The fourth-order valence-electron chi connectivity index (χ4n) is 9.49. The zero-order valence-corrected chi connectivity index (χ0v) is 41.2. The molecule has 10 aromatic rings. The van der Waals surface area contributed by atoms with Crippen LogP contribution in [0.2, 0.25) is 0 Å². The zero-order chi connectivity index (χ0) is 46.5. The third-order valence-corrected chi connectivity index (χ3v) is 12.7. The second-order valence-corrected chi connectivity index (χ2v) is 18.0. The smallest absolute Gasteiger partial charge is 0.135 e. The van der Waals surface area contributed by atoms with Gasteiger partial charge < -0.3 is 24.0 Å². The van der Waals surface area contributed by atoms with Crippen molar-refractivity contribution in [1.82, 2.24) is 9.55 Å². The Morgan fingerprint density at radius 1 is 0.580 bits per heavy atom. The maximum Gasteiger partial charge on any atom is 0.135 e. The average molecular weight is 1080 g/mol. The molecule has 0 amide bonds. The van der Waals surface area contributed by atoms with E-state index in [-0.39, 0.29) is 38.7 Å². The number of aryl methyl sites for hydroxylation is 1. The third-order valence-electron chi connectivity index (χ3n) is 12.7. The summed E-state index contributed by atoms with van der Waals surface area (Å²) in [6, 6.07) is 68.9. The molecule has 0 aliphatic carbocycles. The van der Waals surface area contributed by atoms with Crippen molar-refractivity contribution in [3.8, 4) is 28.4 Å². The molecule has 0 fully saturated rings. The molecular formula is C61H49FN5OPt-3. The molecule has 0 atom stereocenters. The minimum atomic E-state index is -0.244. The minimum absolute atomic E-state index is 0. The summed E-state index contributed by atoms with van der Waals surface area (Å²) in [4.78, 5) is 11.6. The molecule has 344 valence electrons. The van der Waals surface area contributed by atoms with Crippen molar-refractivity contribution >= 4 is 61.6 Å². The summed E-state index contributed by atoms with van der Waals surface area (Å²) in [5, 5.41) is 2.17. The first-order valence-electron chi connectivity index (χ1n) is 23.2. The van der Waals surface area contributed by atoms with Crippen LogP contribution in [-0.4, -0.2) is 9.55 Å². The van der Waals surface area contributed by atoms with Crippen molar-refractivity contribution < 1.29 is 30.2 Å². The standard InChI is InChI=1S/C61H49FN5O.Pt/c1-40(2)54-33-44(43-24-26-45(62)27-25-43)34-55(41(3)4)61(54)65-39-64(57-30-23-42(5)32-59(57)65)48-35-49(66(46-16-8-6-9-17-46)47-18-10-7-11-19-47)37-51(36-48)68-50-28-29-53-52-20-12-13-21-56(52)67(58(53)38-50)60-22-14-15-31-63-60;/h6-35,37,39-41H,1-5H3;/q-3;. The van der Waals surface area contributed by atoms with Gasteiger partial charge in [0, 0.05) is 72.7 Å². The first kappa shape index (κ1) is 45.3. The third kappa shape index (κ3) is 8.57. The van der Waals surface area contributed by atoms with E-state index in [4.69, 9.17) is 9.72 Å². The number of anilines is 7. The van der Waals surface area contributed by atoms with Crippen molar-refractivity contribution in [2.45, 2.75) is 46.5 Å². The normalized spacial score (nSPS) is 12.2. The van der Waals surface area contributed by atoms with E-state index in [0.717, 1.165) is 84.1 Å². The van der Waals surface area contributed by atoms with Crippen molar-refractivity contribution in [3.63, 3.8) is 0 Å². The van der Waals surface area contributed by atoms with Crippen LogP contribution in [0, 0.1) is 31.5 Å². The van der Waals surface area contributed by atoms with E-state index in [1.54, 1.807) is 0 Å². The van der Waals surface area contributed by atoms with Crippen LogP contribution in [0.1, 0.15) is 56.2 Å². The predicted molar refractivity (Wildman–Crippen MR) is 277 cm³/mol. The Hall–Kier alpha value is -7.47. The SMILES string of the molecule is Cc1ccc2c(c1)N(c1c(C(C)C)cc(-c3ccc(F)cc3)cc1C(C)C)[CH-]N2c1[c-]c(Oc2[c-]c3c(cc2)c2ccccc2n3-c2ccccn2)cc(N(c2ccccc2)c2ccccc2)c1.[Pt]. The summed E-state index contributed by atoms with van der Waals surface area (Å²) in [6.45, 7) is 13.3. The molecular weight excluding hydrogens is 1030 g/mol. The number of benzene rings is 8. The van der Waals surface area contributed by atoms with Crippen molar-refractivity contribution in [3.05, 3.63) is 229 Å². The number of ether oxygens (including phenoxy) is 1. The number of halogens is 1. The number of pyridine rings is 1. The molecule has 0 bridgehead atoms. The number of nitrogens with zero attached hydrogens (tertiary/aromatic N) is 5. The molecule has 3 heterocycles. The molecule has 0 unspecified atom stereocenters. The molecule has 0 saturated carbocycles. The van der Waals surface area contributed by atoms with Crippen LogP contribution < -0.4 is 19.4 Å². The van der Waals surface area contributed by atoms with E-state index in [9.17, 15) is 4.39 Å². The monoisotopic (exact) mass is 1080 g/mol. The molecule has 11 rings (SSSR count). The molecule has 69 heavy (non-hydrogen) atoms. The van der Waals surface area contributed by atoms with Crippen LogP contribution in [0.4, 0.5) is 44.2 Å². The van der Waals surface area contributed by atoms with Crippen LogP contribution in [0.3, 0.4) is 0 Å². The van der Waals surface area contributed by atoms with Gasteiger partial charge in [0.2, 0.25) is 0 Å². The second kappa shape index (κ2) is 18.9. The van der Waals surface area contributed by atoms with Crippen molar-refractivity contribution in [1.29, 1.82) is 0 Å². The Morgan fingerprint density at radius 2 is 1.25 bits per heavy atom. The average Bonchev–Trinajstić information content (AvgIpc) is 3.90. The molecule has 8 heteroatoms. The van der Waals surface area contributed by atoms with Crippen LogP contribution >= 0.6 is 0 Å². The summed E-state index contributed by atoms with van der Waals surface area (Å²) in [5.41, 5.74) is 14.4. The summed E-state index contributed by atoms with van der Waals surface area (Å²) < 4.78 is 23.3. The maximum absolute atomic E-state index is 14.1. The van der Waals surface area contributed by atoms with Gasteiger partial charge in [0.25, 0.3) is 0 Å². The molecule has 0 N–H and O–H groups in total. The Morgan fingerprint density at radius 3 is 1.91 bits per heavy atom. The Labute approximate surface area is 418 Å². The van der Waals surface area contributed by atoms with E-state index in [1.807, 2.05) is 54.7 Å². The summed E-state index contributed by atoms with van der Waals surface area (Å²) >= 11 is 0. The summed E-state index contributed by atoms with van der Waals surface area (Å²) in [6.07, 6.45) is 1.82. The molecule has 8 aromatic carbocycles. The fourth-order valence-corrected chi connectivity index (χ4v) is 9.49. The largest absolute Gasteiger partial charge is 0.509 e. The van der Waals surface area contributed by atoms with Gasteiger partial charge in [-0.3, -0.25) is 0 Å². The van der Waals surface area contributed by atoms with Gasteiger partial charge in [0.05, 0.1) is 0 Å². The van der Waals surface area contributed by atoms with Crippen molar-refractivity contribution in [2.75, 3.05) is 14.7 Å². The molecule has 6 nitrogen and oxygen atoms in total. The van der Waals surface area contributed by atoms with Gasteiger partial charge in [0.15, 0.2) is 0 Å². The van der Waals surface area contributed by atoms with Gasteiger partial charge in [-0.25, -0.2) is 9.37 Å². The van der Waals surface area contributed by atoms with E-state index in [0.29, 0.717) is 11.5 Å². The Kier molecular flexibility index (Phi) is 12.4. The summed E-state index contributed by atoms with van der Waals surface area (Å²) in [5.74, 6) is 2.01. The Bertz CT molecular complexity index is 3380. The summed E-state index contributed by atoms with van der Waals surface area (Å²) in [7, 11) is 0. The number of para-hydroxylation sites is 3. The van der Waals surface area contributed by atoms with Gasteiger partial charge in [0.1, 0.15) is 11.6 Å². The number of rotatable bonds is 11. The van der Waals surface area contributed by atoms with Gasteiger partial charge in [-0.1, -0.05) is 123 Å². The maximum atomic E-state index is 14.1. The van der Waals surface area contributed by atoms with Crippen LogP contribution in [0.5, 0.6) is 11.5 Å². The van der Waals surface area contributed by atoms with E-state index in [2.05, 4.69) is 194 Å². The first-order valence-corrected chi connectivity index (χ1v) is 23.2. The van der Waals surface area contributed by atoms with Crippen molar-refractivity contribution in [2.24, 2.45) is 0 Å². The Balaban J connectivity index is 0.00000553. The molecule has 2 aromatic heterocycles. The first-order chi connectivity index (χ1) is 33.2. The molecule has 0 saturated heterocycles. The number of aromatic nitrogens is 2. The number of hydrogen-bond acceptors (Lipinski definition) is 5. The number of hydrogen-bond donors (Lipinski definition) is 0. The second-order valence-electron chi connectivity index (χ2n) is 18.0. The van der Waals surface area contributed by atoms with Gasteiger partial charge in [-0.05, 0) is 131 Å². The topological polar surface area (TPSA) is 36.8 Å². The quantitative estimate of drug-likeness (QED) is 0.121. The zero-order valence-electron chi connectivity index (χ0n) is 39.0. The van der Waals surface area contributed by atoms with E-state index < -0.39 is 0 Å². The van der Waals surface area contributed by atoms with Crippen LogP contribution in [0.15, 0.2) is 188 Å². The van der Waals surface area contributed by atoms with Gasteiger partial charge in [-0.15, -0.1) is 42.4 Å². The predicted octanol–water partition coefficient (Wildman–Crippen LogP) is 16.8. The molecule has 0 spiro atoms. The number of fused-ring (bicyclic) bond motifs is 4. The van der Waals surface area contributed by atoms with Gasteiger partial charge in [-0.2, -0.15) is 6.07 Å².